The standard InChI is InChI=1S/C18H23N5O4S/c1-22-15-13(17(25)23(2)18(22)26)16(21-14(20-15)10-5-6-10)28-9-12(24)19-8-11-4-3-7-27-11/h10-11,13H,3-9H2,1-2H3/p+1. The first kappa shape index (κ1) is 19.3. The van der Waals surface area contributed by atoms with Gasteiger partial charge in [-0.3, -0.25) is 9.59 Å². The van der Waals surface area contributed by atoms with Crippen LogP contribution >= 0.6 is 11.8 Å². The topological polar surface area (TPSA) is 103 Å². The largest absolute Gasteiger partial charge is 0.445 e. The van der Waals surface area contributed by atoms with Crippen LogP contribution in [0.3, 0.4) is 0 Å². The number of nitrogens with one attached hydrogen (secondary N) is 1. The van der Waals surface area contributed by atoms with Gasteiger partial charge in [-0.25, -0.2) is 9.79 Å². The second-order valence-corrected chi connectivity index (χ2v) is 8.45. The van der Waals surface area contributed by atoms with E-state index in [9.17, 15) is 14.4 Å². The van der Waals surface area contributed by atoms with Crippen molar-refractivity contribution in [1.82, 2.24) is 10.2 Å². The molecule has 150 valence electrons. The van der Waals surface area contributed by atoms with E-state index in [1.54, 1.807) is 7.05 Å². The molecular formula is C18H24N5O4S+. The number of thioether (sulfide) groups is 1. The zero-order valence-corrected chi connectivity index (χ0v) is 16.8. The normalized spacial score (nSPS) is 27.6. The summed E-state index contributed by atoms with van der Waals surface area (Å²) in [6, 6.07) is -0.407. The van der Waals surface area contributed by atoms with Crippen LogP contribution in [0.25, 0.3) is 0 Å². The summed E-state index contributed by atoms with van der Waals surface area (Å²) in [4.78, 5) is 47.5. The van der Waals surface area contributed by atoms with E-state index in [2.05, 4.69) is 15.3 Å². The molecule has 0 bridgehead atoms. The summed E-state index contributed by atoms with van der Waals surface area (Å²) in [5.41, 5.74) is 0. The molecule has 3 aliphatic heterocycles. The highest BCUT2D eigenvalue weighted by Crippen LogP contribution is 2.35. The van der Waals surface area contributed by atoms with Crippen LogP contribution in [0.2, 0.25) is 0 Å². The number of fused-ring (bicyclic) bond motifs is 1. The van der Waals surface area contributed by atoms with E-state index in [0.717, 1.165) is 37.2 Å². The third-order valence-electron chi connectivity index (χ3n) is 5.30. The number of urea groups is 1. The highest BCUT2D eigenvalue weighted by atomic mass is 32.2. The van der Waals surface area contributed by atoms with Crippen molar-refractivity contribution < 1.29 is 23.7 Å². The minimum absolute atomic E-state index is 0.0859. The lowest BCUT2D eigenvalue weighted by Crippen LogP contribution is -2.54. The molecule has 0 aromatic rings. The summed E-state index contributed by atoms with van der Waals surface area (Å²) in [5, 5.41) is 3.42. The lowest BCUT2D eigenvalue weighted by Gasteiger charge is -2.26. The summed E-state index contributed by atoms with van der Waals surface area (Å²) < 4.78 is 6.92. The molecule has 1 N–H and O–H groups in total. The lowest BCUT2D eigenvalue weighted by molar-refractivity contribution is -0.407. The molecule has 3 heterocycles. The van der Waals surface area contributed by atoms with E-state index >= 15 is 0 Å². The predicted octanol–water partition coefficient (Wildman–Crippen LogP) is 0.484. The second kappa shape index (κ2) is 7.75. The third-order valence-corrected chi connectivity index (χ3v) is 6.33. The Kier molecular flexibility index (Phi) is 5.33. The first-order valence-electron chi connectivity index (χ1n) is 9.56. The predicted molar refractivity (Wildman–Crippen MR) is 105 cm³/mol. The number of amides is 4. The molecule has 1 saturated heterocycles. The molecule has 2 atom stereocenters. The zero-order chi connectivity index (χ0) is 19.8. The van der Waals surface area contributed by atoms with Crippen LogP contribution in [-0.2, 0) is 14.3 Å². The Morgan fingerprint density at radius 2 is 2.11 bits per heavy atom. The maximum absolute atomic E-state index is 12.7. The van der Waals surface area contributed by atoms with Crippen molar-refractivity contribution >= 4 is 46.3 Å². The fourth-order valence-electron chi connectivity index (χ4n) is 3.45. The Morgan fingerprint density at radius 3 is 2.79 bits per heavy atom. The van der Waals surface area contributed by atoms with Crippen LogP contribution in [0.15, 0.2) is 9.98 Å². The molecule has 10 heteroatoms. The van der Waals surface area contributed by atoms with Crippen molar-refractivity contribution in [2.45, 2.75) is 31.8 Å². The van der Waals surface area contributed by atoms with E-state index in [1.807, 2.05) is 0 Å². The third kappa shape index (κ3) is 3.75. The Bertz CT molecular complexity index is 811. The van der Waals surface area contributed by atoms with E-state index in [1.165, 1.54) is 23.4 Å². The minimum Gasteiger partial charge on any atom is -0.376 e. The molecule has 4 rings (SSSR count). The van der Waals surface area contributed by atoms with Crippen molar-refractivity contribution in [3.8, 4) is 0 Å². The van der Waals surface area contributed by atoms with Crippen molar-refractivity contribution in [2.24, 2.45) is 21.8 Å². The van der Waals surface area contributed by atoms with E-state index in [0.29, 0.717) is 23.3 Å². The van der Waals surface area contributed by atoms with E-state index < -0.39 is 11.9 Å². The molecule has 0 aromatic carbocycles. The van der Waals surface area contributed by atoms with Gasteiger partial charge in [-0.2, -0.15) is 9.48 Å². The number of carbonyl (C=O) groups is 3. The molecule has 9 nitrogen and oxygen atoms in total. The molecule has 2 fully saturated rings. The van der Waals surface area contributed by atoms with Crippen molar-refractivity contribution in [2.75, 3.05) is 33.0 Å². The summed E-state index contributed by atoms with van der Waals surface area (Å²) in [6.07, 6.45) is 4.08. The van der Waals surface area contributed by atoms with Crippen molar-refractivity contribution in [3.63, 3.8) is 0 Å². The number of imide groups is 1. The molecule has 4 aliphatic rings. The molecule has 1 aliphatic carbocycles. The van der Waals surface area contributed by atoms with Gasteiger partial charge >= 0.3 is 11.9 Å². The van der Waals surface area contributed by atoms with Gasteiger partial charge in [-0.1, -0.05) is 16.8 Å². The fraction of sp³-hybridized carbons (Fsp3) is 0.667. The molecule has 0 spiro atoms. The van der Waals surface area contributed by atoms with Gasteiger partial charge in [-0.05, 0) is 25.7 Å². The molecule has 2 unspecified atom stereocenters. The molecular weight excluding hydrogens is 382 g/mol. The minimum atomic E-state index is -0.730. The van der Waals surface area contributed by atoms with Gasteiger partial charge in [0.2, 0.25) is 11.7 Å². The average molecular weight is 406 g/mol. The molecule has 1 saturated carbocycles. The first-order chi connectivity index (χ1) is 13.5. The van der Waals surface area contributed by atoms with Gasteiger partial charge in [0.05, 0.1) is 26.0 Å². The Balaban J connectivity index is 1.48. The van der Waals surface area contributed by atoms with Crippen LogP contribution < -0.4 is 5.32 Å². The maximum atomic E-state index is 12.7. The van der Waals surface area contributed by atoms with E-state index in [4.69, 9.17) is 4.74 Å². The summed E-state index contributed by atoms with van der Waals surface area (Å²) in [6.45, 7) is 1.25. The number of nitrogens with zero attached hydrogens (tertiary/aromatic N) is 4. The Morgan fingerprint density at radius 1 is 1.32 bits per heavy atom. The van der Waals surface area contributed by atoms with Gasteiger partial charge < -0.3 is 10.1 Å². The summed E-state index contributed by atoms with van der Waals surface area (Å²) in [5.74, 6) is 0.283. The number of aliphatic imine (C=N–C) groups is 2. The van der Waals surface area contributed by atoms with Crippen LogP contribution in [0.1, 0.15) is 25.7 Å². The lowest BCUT2D eigenvalue weighted by atomic mass is 10.0. The SMILES string of the molecule is CN1C(=O)C2C(SCC(=O)NCC3CCCO3)=NC(C3CC3)=NC2=[N+](C)C1=O. The van der Waals surface area contributed by atoms with Gasteiger partial charge in [0.1, 0.15) is 5.04 Å². The summed E-state index contributed by atoms with van der Waals surface area (Å²) >= 11 is 1.24. The number of amidine groups is 2. The van der Waals surface area contributed by atoms with E-state index in [-0.39, 0.29) is 29.6 Å². The number of rotatable bonds is 5. The smallest absolute Gasteiger partial charge is 0.376 e. The molecule has 0 radical (unpaired) electrons. The molecule has 28 heavy (non-hydrogen) atoms. The highest BCUT2D eigenvalue weighted by Gasteiger charge is 2.50. The first-order valence-corrected chi connectivity index (χ1v) is 10.5. The number of carbonyl (C=O) groups excluding carboxylic acids is 3. The van der Waals surface area contributed by atoms with Gasteiger partial charge in [0.25, 0.3) is 5.84 Å². The number of hydrogen-bond donors (Lipinski definition) is 1. The van der Waals surface area contributed by atoms with Gasteiger partial charge in [0.15, 0.2) is 5.92 Å². The van der Waals surface area contributed by atoms with Crippen LogP contribution in [0, 0.1) is 11.8 Å². The van der Waals surface area contributed by atoms with Crippen LogP contribution in [-0.4, -0.2) is 83.1 Å². The number of ether oxygens (including phenoxy) is 1. The van der Waals surface area contributed by atoms with Gasteiger partial charge in [0, 0.05) is 19.1 Å². The molecule has 0 aromatic heterocycles. The summed E-state index contributed by atoms with van der Waals surface area (Å²) in [7, 11) is 3.07. The quantitative estimate of drug-likeness (QED) is 0.669. The zero-order valence-electron chi connectivity index (χ0n) is 16.0. The Labute approximate surface area is 167 Å². The average Bonchev–Trinajstić information content (AvgIpc) is 3.42. The second-order valence-electron chi connectivity index (χ2n) is 7.45. The van der Waals surface area contributed by atoms with Gasteiger partial charge in [-0.15, -0.1) is 0 Å². The Hall–Kier alpha value is -2.07. The number of hydrogen-bond acceptors (Lipinski definition) is 7. The molecule has 4 amide bonds. The highest BCUT2D eigenvalue weighted by molar-refractivity contribution is 8.14. The van der Waals surface area contributed by atoms with Crippen molar-refractivity contribution in [3.05, 3.63) is 0 Å². The maximum Gasteiger partial charge on any atom is 0.445 e. The fourth-order valence-corrected chi connectivity index (χ4v) is 4.37. The van der Waals surface area contributed by atoms with Crippen LogP contribution in [0.5, 0.6) is 0 Å². The van der Waals surface area contributed by atoms with Crippen molar-refractivity contribution in [1.29, 1.82) is 0 Å². The monoisotopic (exact) mass is 406 g/mol. The van der Waals surface area contributed by atoms with Crippen LogP contribution in [0.4, 0.5) is 4.79 Å².